The molecular weight excluding hydrogens is 264 g/mol. The van der Waals surface area contributed by atoms with E-state index in [4.69, 9.17) is 22.1 Å². The van der Waals surface area contributed by atoms with Crippen molar-refractivity contribution in [1.82, 2.24) is 9.97 Å². The first-order valence-corrected chi connectivity index (χ1v) is 6.24. The van der Waals surface area contributed by atoms with Gasteiger partial charge in [-0.1, -0.05) is 0 Å². The number of aromatic nitrogens is 2. The molecular formula is C13H15ClN4O. The van der Waals surface area contributed by atoms with Crippen LogP contribution in [0.3, 0.4) is 0 Å². The smallest absolute Gasteiger partial charge is 0.224 e. The molecule has 5 nitrogen and oxygen atoms in total. The summed E-state index contributed by atoms with van der Waals surface area (Å²) in [5, 5.41) is 3.23. The monoisotopic (exact) mass is 278 g/mol. The van der Waals surface area contributed by atoms with Crippen LogP contribution in [-0.2, 0) is 0 Å². The number of halogens is 1. The Balaban J connectivity index is 2.13. The summed E-state index contributed by atoms with van der Waals surface area (Å²) in [6.45, 7) is 3.96. The highest BCUT2D eigenvalue weighted by atomic mass is 35.5. The average Bonchev–Trinajstić information content (AvgIpc) is 2.35. The molecule has 1 aromatic heterocycles. The normalized spacial score (nSPS) is 10.5. The van der Waals surface area contributed by atoms with E-state index < -0.39 is 0 Å². The highest BCUT2D eigenvalue weighted by molar-refractivity contribution is 6.28. The molecule has 100 valence electrons. The van der Waals surface area contributed by atoms with Crippen molar-refractivity contribution in [2.45, 2.75) is 20.0 Å². The van der Waals surface area contributed by atoms with E-state index >= 15 is 0 Å². The second kappa shape index (κ2) is 5.75. The summed E-state index contributed by atoms with van der Waals surface area (Å²) in [4.78, 5) is 7.82. The number of rotatable bonds is 4. The van der Waals surface area contributed by atoms with Gasteiger partial charge in [-0.3, -0.25) is 0 Å². The van der Waals surface area contributed by atoms with E-state index in [1.165, 1.54) is 6.20 Å². The molecule has 0 saturated carbocycles. The minimum absolute atomic E-state index is 0.148. The first-order valence-electron chi connectivity index (χ1n) is 5.86. The third kappa shape index (κ3) is 3.72. The predicted molar refractivity (Wildman–Crippen MR) is 76.9 cm³/mol. The molecule has 0 saturated heterocycles. The molecule has 1 heterocycles. The van der Waals surface area contributed by atoms with Crippen LogP contribution in [0.2, 0.25) is 5.28 Å². The van der Waals surface area contributed by atoms with Gasteiger partial charge in [0.15, 0.2) is 5.82 Å². The van der Waals surface area contributed by atoms with Crippen molar-refractivity contribution >= 4 is 28.8 Å². The number of nitrogens with zero attached hydrogens (tertiary/aromatic N) is 2. The van der Waals surface area contributed by atoms with Gasteiger partial charge in [0.1, 0.15) is 5.75 Å². The number of hydrogen-bond donors (Lipinski definition) is 2. The van der Waals surface area contributed by atoms with Crippen molar-refractivity contribution in [2.75, 3.05) is 11.1 Å². The van der Waals surface area contributed by atoms with Crippen LogP contribution in [0.5, 0.6) is 5.75 Å². The Kier molecular flexibility index (Phi) is 4.06. The summed E-state index contributed by atoms with van der Waals surface area (Å²) >= 11 is 5.73. The highest BCUT2D eigenvalue weighted by Gasteiger charge is 2.04. The van der Waals surface area contributed by atoms with Gasteiger partial charge in [-0.25, -0.2) is 4.98 Å². The van der Waals surface area contributed by atoms with E-state index in [1.54, 1.807) is 0 Å². The Morgan fingerprint density at radius 1 is 1.26 bits per heavy atom. The minimum atomic E-state index is 0.148. The third-order valence-electron chi connectivity index (χ3n) is 2.28. The van der Waals surface area contributed by atoms with Gasteiger partial charge in [0.25, 0.3) is 0 Å². The molecule has 0 aliphatic heterocycles. The number of anilines is 3. The molecule has 3 N–H and O–H groups in total. The van der Waals surface area contributed by atoms with Crippen LogP contribution in [0.15, 0.2) is 30.5 Å². The molecule has 0 fully saturated rings. The highest BCUT2D eigenvalue weighted by Crippen LogP contribution is 2.23. The zero-order valence-corrected chi connectivity index (χ0v) is 11.5. The van der Waals surface area contributed by atoms with E-state index in [2.05, 4.69) is 15.3 Å². The second-order valence-corrected chi connectivity index (χ2v) is 4.60. The predicted octanol–water partition coefficient (Wildman–Crippen LogP) is 3.24. The first-order chi connectivity index (χ1) is 9.04. The lowest BCUT2D eigenvalue weighted by Gasteiger charge is -2.11. The topological polar surface area (TPSA) is 73.1 Å². The molecule has 0 atom stereocenters. The van der Waals surface area contributed by atoms with Crippen molar-refractivity contribution in [3.05, 3.63) is 35.7 Å². The molecule has 1 aromatic carbocycles. The maximum atomic E-state index is 5.76. The molecule has 2 rings (SSSR count). The van der Waals surface area contributed by atoms with Gasteiger partial charge in [-0.2, -0.15) is 4.98 Å². The SMILES string of the molecule is CC(C)Oc1ccc(Nc2nc(Cl)ncc2N)cc1. The van der Waals surface area contributed by atoms with Crippen LogP contribution >= 0.6 is 11.6 Å². The molecule has 2 aromatic rings. The van der Waals surface area contributed by atoms with Gasteiger partial charge in [0.05, 0.1) is 18.0 Å². The standard InChI is InChI=1S/C13H15ClN4O/c1-8(2)19-10-5-3-9(4-6-10)17-12-11(15)7-16-13(14)18-12/h3-8H,15H2,1-2H3,(H,16,17,18). The summed E-state index contributed by atoms with van der Waals surface area (Å²) in [6, 6.07) is 7.52. The molecule has 0 aliphatic rings. The number of nitrogens with two attached hydrogens (primary N) is 1. The van der Waals surface area contributed by atoms with Gasteiger partial charge in [0.2, 0.25) is 5.28 Å². The lowest BCUT2D eigenvalue weighted by Crippen LogP contribution is -2.05. The lowest BCUT2D eigenvalue weighted by atomic mass is 10.3. The van der Waals surface area contributed by atoms with Crippen LogP contribution in [0, 0.1) is 0 Å². The van der Waals surface area contributed by atoms with Crippen molar-refractivity contribution in [2.24, 2.45) is 0 Å². The number of benzene rings is 1. The van der Waals surface area contributed by atoms with E-state index in [-0.39, 0.29) is 11.4 Å². The van der Waals surface area contributed by atoms with E-state index in [0.29, 0.717) is 11.5 Å². The average molecular weight is 279 g/mol. The van der Waals surface area contributed by atoms with Crippen molar-refractivity contribution < 1.29 is 4.74 Å². The Bertz CT molecular complexity index is 557. The third-order valence-corrected chi connectivity index (χ3v) is 2.46. The fourth-order valence-corrected chi connectivity index (χ4v) is 1.63. The molecule has 0 amide bonds. The first kappa shape index (κ1) is 13.4. The lowest BCUT2D eigenvalue weighted by molar-refractivity contribution is 0.242. The molecule has 0 bridgehead atoms. The van der Waals surface area contributed by atoms with Gasteiger partial charge in [0, 0.05) is 5.69 Å². The summed E-state index contributed by atoms with van der Waals surface area (Å²) in [6.07, 6.45) is 1.61. The van der Waals surface area contributed by atoms with Crippen LogP contribution in [0.4, 0.5) is 17.2 Å². The summed E-state index contributed by atoms with van der Waals surface area (Å²) in [7, 11) is 0. The summed E-state index contributed by atoms with van der Waals surface area (Å²) in [5.74, 6) is 1.30. The summed E-state index contributed by atoms with van der Waals surface area (Å²) < 4.78 is 5.56. The maximum Gasteiger partial charge on any atom is 0.224 e. The maximum absolute atomic E-state index is 5.76. The second-order valence-electron chi connectivity index (χ2n) is 4.26. The number of nitrogens with one attached hydrogen (secondary N) is 1. The fourth-order valence-electron chi connectivity index (χ4n) is 1.50. The zero-order valence-electron chi connectivity index (χ0n) is 10.7. The van der Waals surface area contributed by atoms with Crippen LogP contribution in [0.25, 0.3) is 0 Å². The van der Waals surface area contributed by atoms with Crippen LogP contribution in [0.1, 0.15) is 13.8 Å². The van der Waals surface area contributed by atoms with Crippen LogP contribution in [-0.4, -0.2) is 16.1 Å². The molecule has 0 radical (unpaired) electrons. The Labute approximate surface area is 116 Å². The summed E-state index contributed by atoms with van der Waals surface area (Å²) in [5.41, 5.74) is 7.04. The molecule has 0 spiro atoms. The fraction of sp³-hybridized carbons (Fsp3) is 0.231. The van der Waals surface area contributed by atoms with Gasteiger partial charge < -0.3 is 15.8 Å². The Morgan fingerprint density at radius 3 is 2.58 bits per heavy atom. The quantitative estimate of drug-likeness (QED) is 0.840. The Hall–Kier alpha value is -2.01. The van der Waals surface area contributed by atoms with Gasteiger partial charge in [-0.15, -0.1) is 0 Å². The Morgan fingerprint density at radius 2 is 1.95 bits per heavy atom. The zero-order chi connectivity index (χ0) is 13.8. The number of nitrogen functional groups attached to an aromatic ring is 1. The molecule has 0 aliphatic carbocycles. The molecule has 0 unspecified atom stereocenters. The van der Waals surface area contributed by atoms with Crippen LogP contribution < -0.4 is 15.8 Å². The number of hydrogen-bond acceptors (Lipinski definition) is 5. The van der Waals surface area contributed by atoms with E-state index in [1.807, 2.05) is 38.1 Å². The number of ether oxygens (including phenoxy) is 1. The van der Waals surface area contributed by atoms with E-state index in [0.717, 1.165) is 11.4 Å². The van der Waals surface area contributed by atoms with Crippen molar-refractivity contribution in [1.29, 1.82) is 0 Å². The van der Waals surface area contributed by atoms with Crippen molar-refractivity contribution in [3.8, 4) is 5.75 Å². The largest absolute Gasteiger partial charge is 0.491 e. The molecule has 6 heteroatoms. The molecule has 19 heavy (non-hydrogen) atoms. The van der Waals surface area contributed by atoms with E-state index in [9.17, 15) is 0 Å². The minimum Gasteiger partial charge on any atom is -0.491 e. The van der Waals surface area contributed by atoms with Gasteiger partial charge >= 0.3 is 0 Å². The van der Waals surface area contributed by atoms with Gasteiger partial charge in [-0.05, 0) is 49.7 Å². The van der Waals surface area contributed by atoms with Crippen molar-refractivity contribution in [3.63, 3.8) is 0 Å².